The number of nitrogens with two attached hydrogens (primary N) is 1. The zero-order valence-electron chi connectivity index (χ0n) is 10.8. The number of ether oxygens (including phenoxy) is 1. The molecule has 4 nitrogen and oxygen atoms in total. The van der Waals surface area contributed by atoms with Gasteiger partial charge in [-0.3, -0.25) is 0 Å². The third-order valence-corrected chi connectivity index (χ3v) is 2.80. The molecule has 0 amide bonds. The Morgan fingerprint density at radius 3 is 2.39 bits per heavy atom. The molecule has 1 atom stereocenters. The van der Waals surface area contributed by atoms with Crippen molar-refractivity contribution < 1.29 is 4.74 Å². The smallest absolute Gasteiger partial charge is 0.149 e. The molecule has 0 saturated carbocycles. The quantitative estimate of drug-likeness (QED) is 0.897. The van der Waals surface area contributed by atoms with Crippen LogP contribution in [0.15, 0.2) is 30.6 Å². The van der Waals surface area contributed by atoms with Gasteiger partial charge in [-0.25, -0.2) is 9.97 Å². The molecular weight excluding hydrogens is 226 g/mol. The van der Waals surface area contributed by atoms with E-state index in [2.05, 4.69) is 9.97 Å². The van der Waals surface area contributed by atoms with Crippen molar-refractivity contribution in [2.75, 3.05) is 7.11 Å². The van der Waals surface area contributed by atoms with Crippen molar-refractivity contribution in [3.63, 3.8) is 0 Å². The van der Waals surface area contributed by atoms with Crippen molar-refractivity contribution in [2.24, 2.45) is 5.73 Å². The van der Waals surface area contributed by atoms with Gasteiger partial charge in [0, 0.05) is 18.0 Å². The molecular formula is C14H17N3O. The first-order chi connectivity index (χ1) is 8.61. The van der Waals surface area contributed by atoms with Crippen molar-refractivity contribution in [3.05, 3.63) is 53.1 Å². The van der Waals surface area contributed by atoms with Crippen LogP contribution in [-0.2, 0) is 0 Å². The molecule has 0 aliphatic carbocycles. The molecule has 0 aliphatic rings. The van der Waals surface area contributed by atoms with Gasteiger partial charge in [-0.05, 0) is 25.5 Å². The van der Waals surface area contributed by atoms with Crippen molar-refractivity contribution in [1.82, 2.24) is 9.97 Å². The van der Waals surface area contributed by atoms with Crippen LogP contribution in [0.2, 0.25) is 0 Å². The molecule has 0 aliphatic heterocycles. The fourth-order valence-corrected chi connectivity index (χ4v) is 1.80. The van der Waals surface area contributed by atoms with E-state index < -0.39 is 0 Å². The Balaban J connectivity index is 2.41. The lowest BCUT2D eigenvalue weighted by atomic mass is 10.0. The summed E-state index contributed by atoms with van der Waals surface area (Å²) >= 11 is 0. The Morgan fingerprint density at radius 1 is 1.11 bits per heavy atom. The summed E-state index contributed by atoms with van der Waals surface area (Å²) in [6.45, 7) is 3.97. The molecule has 0 bridgehead atoms. The molecule has 4 heteroatoms. The van der Waals surface area contributed by atoms with E-state index in [4.69, 9.17) is 10.5 Å². The van der Waals surface area contributed by atoms with Gasteiger partial charge in [0.05, 0.1) is 13.2 Å². The van der Waals surface area contributed by atoms with Gasteiger partial charge in [0.2, 0.25) is 0 Å². The highest BCUT2D eigenvalue weighted by Crippen LogP contribution is 2.27. The number of aryl methyl sites for hydroxylation is 2. The predicted molar refractivity (Wildman–Crippen MR) is 70.5 cm³/mol. The Bertz CT molecular complexity index is 537. The Kier molecular flexibility index (Phi) is 3.58. The number of hydrogen-bond donors (Lipinski definition) is 1. The summed E-state index contributed by atoms with van der Waals surface area (Å²) in [5.41, 5.74) is 9.26. The summed E-state index contributed by atoms with van der Waals surface area (Å²) in [4.78, 5) is 8.54. The molecule has 0 radical (unpaired) electrons. The molecule has 1 heterocycles. The molecule has 94 valence electrons. The van der Waals surface area contributed by atoms with E-state index in [1.54, 1.807) is 19.5 Å². The van der Waals surface area contributed by atoms with Gasteiger partial charge in [0.25, 0.3) is 0 Å². The molecule has 2 rings (SSSR count). The van der Waals surface area contributed by atoms with Gasteiger partial charge >= 0.3 is 0 Å². The van der Waals surface area contributed by atoms with Crippen LogP contribution in [0.1, 0.15) is 28.6 Å². The predicted octanol–water partition coefficient (Wildman–Crippen LogP) is 2.15. The molecule has 1 aromatic heterocycles. The lowest BCUT2D eigenvalue weighted by Crippen LogP contribution is -2.16. The normalized spacial score (nSPS) is 12.2. The van der Waals surface area contributed by atoms with E-state index in [1.807, 2.05) is 32.0 Å². The first kappa shape index (κ1) is 12.5. The van der Waals surface area contributed by atoms with Gasteiger partial charge in [0.1, 0.15) is 11.6 Å². The molecule has 2 aromatic rings. The number of aromatic nitrogens is 2. The van der Waals surface area contributed by atoms with Crippen molar-refractivity contribution >= 4 is 0 Å². The molecule has 0 saturated heterocycles. The Morgan fingerprint density at radius 2 is 1.78 bits per heavy atom. The van der Waals surface area contributed by atoms with Crippen molar-refractivity contribution in [3.8, 4) is 5.75 Å². The average molecular weight is 243 g/mol. The van der Waals surface area contributed by atoms with Crippen molar-refractivity contribution in [1.29, 1.82) is 0 Å². The van der Waals surface area contributed by atoms with E-state index in [-0.39, 0.29) is 6.04 Å². The highest BCUT2D eigenvalue weighted by molar-refractivity contribution is 5.41. The molecule has 2 N–H and O–H groups in total. The lowest BCUT2D eigenvalue weighted by Gasteiger charge is -2.15. The van der Waals surface area contributed by atoms with Crippen LogP contribution in [0, 0.1) is 13.8 Å². The Hall–Kier alpha value is -1.94. The number of rotatable bonds is 3. The maximum Gasteiger partial charge on any atom is 0.149 e. The summed E-state index contributed by atoms with van der Waals surface area (Å²) in [6, 6.07) is 5.54. The van der Waals surface area contributed by atoms with Gasteiger partial charge in [-0.2, -0.15) is 0 Å². The first-order valence-electron chi connectivity index (χ1n) is 5.80. The third kappa shape index (κ3) is 2.49. The zero-order chi connectivity index (χ0) is 13.1. The summed E-state index contributed by atoms with van der Waals surface area (Å²) in [6.07, 6.45) is 3.54. The maximum atomic E-state index is 6.21. The second kappa shape index (κ2) is 5.14. The molecule has 0 spiro atoms. The lowest BCUT2D eigenvalue weighted by molar-refractivity contribution is 0.407. The molecule has 1 unspecified atom stereocenters. The van der Waals surface area contributed by atoms with E-state index in [1.165, 1.54) is 0 Å². The SMILES string of the molecule is COc1ccc(C)cc1C(N)c1ncc(C)cn1. The summed E-state index contributed by atoms with van der Waals surface area (Å²) in [5, 5.41) is 0. The first-order valence-corrected chi connectivity index (χ1v) is 5.80. The van der Waals surface area contributed by atoms with E-state index in [0.29, 0.717) is 5.82 Å². The maximum absolute atomic E-state index is 6.21. The fraction of sp³-hybridized carbons (Fsp3) is 0.286. The summed E-state index contributed by atoms with van der Waals surface area (Å²) in [5.74, 6) is 1.36. The van der Waals surface area contributed by atoms with Crippen LogP contribution in [0.25, 0.3) is 0 Å². The second-order valence-electron chi connectivity index (χ2n) is 4.34. The number of methoxy groups -OCH3 is 1. The minimum absolute atomic E-state index is 0.375. The van der Waals surface area contributed by atoms with Gasteiger partial charge in [-0.15, -0.1) is 0 Å². The summed E-state index contributed by atoms with van der Waals surface area (Å²) in [7, 11) is 1.64. The monoisotopic (exact) mass is 243 g/mol. The van der Waals surface area contributed by atoms with Gasteiger partial charge in [-0.1, -0.05) is 17.7 Å². The number of benzene rings is 1. The van der Waals surface area contributed by atoms with E-state index in [9.17, 15) is 0 Å². The van der Waals surface area contributed by atoms with Crippen LogP contribution in [-0.4, -0.2) is 17.1 Å². The fourth-order valence-electron chi connectivity index (χ4n) is 1.80. The highest BCUT2D eigenvalue weighted by Gasteiger charge is 2.16. The van der Waals surface area contributed by atoms with Crippen LogP contribution in [0.3, 0.4) is 0 Å². The highest BCUT2D eigenvalue weighted by atomic mass is 16.5. The number of nitrogens with zero attached hydrogens (tertiary/aromatic N) is 2. The average Bonchev–Trinajstić information content (AvgIpc) is 2.39. The standard InChI is InChI=1S/C14H17N3O/c1-9-4-5-12(18-3)11(6-9)13(15)14-16-7-10(2)8-17-14/h4-8,13H,15H2,1-3H3. The minimum Gasteiger partial charge on any atom is -0.496 e. The van der Waals surface area contributed by atoms with Crippen LogP contribution in [0.4, 0.5) is 0 Å². The summed E-state index contributed by atoms with van der Waals surface area (Å²) < 4.78 is 5.33. The second-order valence-corrected chi connectivity index (χ2v) is 4.34. The minimum atomic E-state index is -0.375. The largest absolute Gasteiger partial charge is 0.496 e. The molecule has 0 fully saturated rings. The van der Waals surface area contributed by atoms with Gasteiger partial charge in [0.15, 0.2) is 0 Å². The molecule has 18 heavy (non-hydrogen) atoms. The van der Waals surface area contributed by atoms with Crippen molar-refractivity contribution in [2.45, 2.75) is 19.9 Å². The van der Waals surface area contributed by atoms with Crippen LogP contribution < -0.4 is 10.5 Å². The van der Waals surface area contributed by atoms with E-state index >= 15 is 0 Å². The topological polar surface area (TPSA) is 61.0 Å². The number of hydrogen-bond acceptors (Lipinski definition) is 4. The van der Waals surface area contributed by atoms with Crippen LogP contribution >= 0.6 is 0 Å². The molecule has 1 aromatic carbocycles. The third-order valence-electron chi connectivity index (χ3n) is 2.80. The Labute approximate surface area is 107 Å². The van der Waals surface area contributed by atoms with Crippen LogP contribution in [0.5, 0.6) is 5.75 Å². The zero-order valence-corrected chi connectivity index (χ0v) is 10.8. The van der Waals surface area contributed by atoms with Gasteiger partial charge < -0.3 is 10.5 Å². The van der Waals surface area contributed by atoms with E-state index in [0.717, 1.165) is 22.4 Å².